The molecule has 0 aliphatic rings. The van der Waals surface area contributed by atoms with Crippen LogP contribution in [0.5, 0.6) is 0 Å². The highest BCUT2D eigenvalue weighted by atomic mass is 35.5. The lowest BCUT2D eigenvalue weighted by Gasteiger charge is -1.99. The first-order valence-corrected chi connectivity index (χ1v) is 5.83. The van der Waals surface area contributed by atoms with Crippen LogP contribution in [0, 0.1) is 0 Å². The SMILES string of the molecule is O=C(O)Cn1ncc2c([nH]c3ccc(Cl)cc32)c1=O. The minimum Gasteiger partial charge on any atom is -0.480 e. The van der Waals surface area contributed by atoms with Crippen LogP contribution >= 0.6 is 11.6 Å². The summed E-state index contributed by atoms with van der Waals surface area (Å²) in [7, 11) is 0. The second kappa shape index (κ2) is 4.10. The van der Waals surface area contributed by atoms with E-state index in [2.05, 4.69) is 10.1 Å². The quantitative estimate of drug-likeness (QED) is 0.745. The minimum absolute atomic E-state index is 0.327. The molecule has 19 heavy (non-hydrogen) atoms. The number of rotatable bonds is 2. The molecule has 0 aliphatic carbocycles. The number of benzene rings is 1. The second-order valence-corrected chi connectivity index (χ2v) is 4.54. The Hall–Kier alpha value is -2.34. The van der Waals surface area contributed by atoms with Gasteiger partial charge in [-0.1, -0.05) is 11.6 Å². The summed E-state index contributed by atoms with van der Waals surface area (Å²) in [5, 5.41) is 14.5. The van der Waals surface area contributed by atoms with Gasteiger partial charge in [0.05, 0.1) is 6.20 Å². The number of hydrogen-bond acceptors (Lipinski definition) is 3. The summed E-state index contributed by atoms with van der Waals surface area (Å²) in [6.45, 7) is -0.467. The van der Waals surface area contributed by atoms with Crippen molar-refractivity contribution in [2.75, 3.05) is 0 Å². The molecule has 3 rings (SSSR count). The summed E-state index contributed by atoms with van der Waals surface area (Å²) < 4.78 is 0.904. The Morgan fingerprint density at radius 3 is 2.95 bits per heavy atom. The largest absolute Gasteiger partial charge is 0.480 e. The third kappa shape index (κ3) is 1.86. The summed E-state index contributed by atoms with van der Waals surface area (Å²) in [6, 6.07) is 5.21. The van der Waals surface area contributed by atoms with E-state index in [1.165, 1.54) is 6.20 Å². The predicted molar refractivity (Wildman–Crippen MR) is 70.5 cm³/mol. The fourth-order valence-electron chi connectivity index (χ4n) is 2.04. The number of H-pyrrole nitrogens is 1. The van der Waals surface area contributed by atoms with Gasteiger partial charge in [0.2, 0.25) is 0 Å². The zero-order valence-corrected chi connectivity index (χ0v) is 10.3. The zero-order chi connectivity index (χ0) is 13.6. The van der Waals surface area contributed by atoms with E-state index >= 15 is 0 Å². The van der Waals surface area contributed by atoms with Gasteiger partial charge in [-0.3, -0.25) is 9.59 Å². The Bertz CT molecular complexity index is 866. The van der Waals surface area contributed by atoms with Gasteiger partial charge < -0.3 is 10.1 Å². The van der Waals surface area contributed by atoms with Gasteiger partial charge >= 0.3 is 5.97 Å². The Kier molecular flexibility index (Phi) is 2.53. The van der Waals surface area contributed by atoms with Gasteiger partial charge in [0.25, 0.3) is 5.56 Å². The molecule has 2 N–H and O–H groups in total. The van der Waals surface area contributed by atoms with Crippen molar-refractivity contribution in [3.63, 3.8) is 0 Å². The van der Waals surface area contributed by atoms with Crippen LogP contribution in [0.4, 0.5) is 0 Å². The highest BCUT2D eigenvalue weighted by molar-refractivity contribution is 6.31. The molecule has 0 fully saturated rings. The van der Waals surface area contributed by atoms with Crippen LogP contribution in [0.2, 0.25) is 5.02 Å². The third-order valence-corrected chi connectivity index (χ3v) is 3.10. The van der Waals surface area contributed by atoms with Gasteiger partial charge in [-0.25, -0.2) is 4.68 Å². The van der Waals surface area contributed by atoms with E-state index in [-0.39, 0.29) is 0 Å². The Labute approximate surface area is 111 Å². The molecule has 96 valence electrons. The number of carboxylic acids is 1. The number of fused-ring (bicyclic) bond motifs is 3. The Morgan fingerprint density at radius 1 is 1.42 bits per heavy atom. The van der Waals surface area contributed by atoms with Gasteiger partial charge in [0.15, 0.2) is 0 Å². The van der Waals surface area contributed by atoms with Crippen molar-refractivity contribution in [1.29, 1.82) is 0 Å². The number of aromatic nitrogens is 3. The molecular formula is C12H8ClN3O3. The topological polar surface area (TPSA) is 88.0 Å². The minimum atomic E-state index is -1.12. The van der Waals surface area contributed by atoms with Crippen molar-refractivity contribution >= 4 is 39.4 Å². The first-order chi connectivity index (χ1) is 9.06. The molecular weight excluding hydrogens is 270 g/mol. The van der Waals surface area contributed by atoms with E-state index in [0.29, 0.717) is 15.9 Å². The van der Waals surface area contributed by atoms with E-state index < -0.39 is 18.1 Å². The fraction of sp³-hybridized carbons (Fsp3) is 0.0833. The van der Waals surface area contributed by atoms with Crippen LogP contribution < -0.4 is 5.56 Å². The predicted octanol–water partition coefficient (Wildman–Crippen LogP) is 1.62. The summed E-state index contributed by atoms with van der Waals surface area (Å²) in [5.41, 5.74) is 0.618. The molecule has 0 radical (unpaired) electrons. The number of carboxylic acid groups (broad SMARTS) is 1. The van der Waals surface area contributed by atoms with Crippen molar-refractivity contribution < 1.29 is 9.90 Å². The van der Waals surface area contributed by atoms with Crippen LogP contribution in [-0.2, 0) is 11.3 Å². The molecule has 0 atom stereocenters. The number of nitrogens with zero attached hydrogens (tertiary/aromatic N) is 2. The molecule has 2 aromatic heterocycles. The molecule has 0 unspecified atom stereocenters. The van der Waals surface area contributed by atoms with Gasteiger partial charge in [-0.15, -0.1) is 0 Å². The molecule has 0 bridgehead atoms. The number of aromatic amines is 1. The lowest BCUT2D eigenvalue weighted by Crippen LogP contribution is -2.26. The Balaban J connectivity index is 2.35. The smallest absolute Gasteiger partial charge is 0.325 e. The van der Waals surface area contributed by atoms with E-state index in [9.17, 15) is 9.59 Å². The summed E-state index contributed by atoms with van der Waals surface area (Å²) in [4.78, 5) is 25.7. The molecule has 0 saturated heterocycles. The highest BCUT2D eigenvalue weighted by Crippen LogP contribution is 2.25. The molecule has 0 aliphatic heterocycles. The number of carbonyl (C=O) groups is 1. The average molecular weight is 278 g/mol. The van der Waals surface area contributed by atoms with E-state index in [0.717, 1.165) is 15.6 Å². The average Bonchev–Trinajstić information content (AvgIpc) is 2.71. The Morgan fingerprint density at radius 2 is 2.21 bits per heavy atom. The summed E-state index contributed by atoms with van der Waals surface area (Å²) >= 11 is 5.92. The number of nitrogens with one attached hydrogen (secondary N) is 1. The molecule has 0 saturated carbocycles. The van der Waals surface area contributed by atoms with Crippen molar-refractivity contribution in [2.24, 2.45) is 0 Å². The molecule has 2 heterocycles. The molecule has 0 amide bonds. The zero-order valence-electron chi connectivity index (χ0n) is 9.55. The molecule has 1 aromatic carbocycles. The van der Waals surface area contributed by atoms with Crippen molar-refractivity contribution in [3.8, 4) is 0 Å². The van der Waals surface area contributed by atoms with Crippen molar-refractivity contribution in [2.45, 2.75) is 6.54 Å². The van der Waals surface area contributed by atoms with E-state index in [1.807, 2.05) is 0 Å². The van der Waals surface area contributed by atoms with Crippen molar-refractivity contribution in [1.82, 2.24) is 14.8 Å². The van der Waals surface area contributed by atoms with Crippen molar-refractivity contribution in [3.05, 3.63) is 39.8 Å². The lowest BCUT2D eigenvalue weighted by molar-refractivity contribution is -0.137. The first kappa shape index (κ1) is 11.7. The summed E-state index contributed by atoms with van der Waals surface area (Å²) in [6.07, 6.45) is 1.47. The third-order valence-electron chi connectivity index (χ3n) is 2.86. The van der Waals surface area contributed by atoms with Gasteiger partial charge in [-0.2, -0.15) is 5.10 Å². The highest BCUT2D eigenvalue weighted by Gasteiger charge is 2.12. The normalized spacial score (nSPS) is 11.2. The number of hydrogen-bond donors (Lipinski definition) is 2. The van der Waals surface area contributed by atoms with Gasteiger partial charge in [0.1, 0.15) is 12.1 Å². The molecule has 0 spiro atoms. The van der Waals surface area contributed by atoms with Crippen LogP contribution in [0.1, 0.15) is 0 Å². The number of halogens is 1. The summed E-state index contributed by atoms with van der Waals surface area (Å²) in [5.74, 6) is -1.12. The number of aliphatic carboxylic acids is 1. The first-order valence-electron chi connectivity index (χ1n) is 5.45. The molecule has 6 nitrogen and oxygen atoms in total. The fourth-order valence-corrected chi connectivity index (χ4v) is 2.21. The standard InChI is InChI=1S/C12H8ClN3O3/c13-6-1-2-9-7(3-6)8-4-14-16(5-10(17)18)12(19)11(8)15-9/h1-4,15H,5H2,(H,17,18). The molecule has 3 aromatic rings. The van der Waals surface area contributed by atoms with E-state index in [4.69, 9.17) is 16.7 Å². The van der Waals surface area contributed by atoms with Crippen LogP contribution in [0.15, 0.2) is 29.2 Å². The van der Waals surface area contributed by atoms with Gasteiger partial charge in [-0.05, 0) is 18.2 Å². The molecule has 7 heteroatoms. The maximum Gasteiger partial charge on any atom is 0.325 e. The van der Waals surface area contributed by atoms with Gasteiger partial charge in [0, 0.05) is 21.3 Å². The lowest BCUT2D eigenvalue weighted by atomic mass is 10.2. The maximum absolute atomic E-state index is 12.1. The monoisotopic (exact) mass is 277 g/mol. The van der Waals surface area contributed by atoms with Crippen LogP contribution in [0.3, 0.4) is 0 Å². The van der Waals surface area contributed by atoms with Crippen LogP contribution in [0.25, 0.3) is 21.8 Å². The van der Waals surface area contributed by atoms with E-state index in [1.54, 1.807) is 18.2 Å². The second-order valence-electron chi connectivity index (χ2n) is 4.10. The maximum atomic E-state index is 12.1. The van der Waals surface area contributed by atoms with Crippen LogP contribution in [-0.4, -0.2) is 25.8 Å².